The van der Waals surface area contributed by atoms with Gasteiger partial charge in [-0.25, -0.2) is 4.98 Å². The van der Waals surface area contributed by atoms with Crippen LogP contribution in [0.5, 0.6) is 5.75 Å². The van der Waals surface area contributed by atoms with E-state index in [0.29, 0.717) is 13.0 Å². The number of para-hydroxylation sites is 2. The molecule has 0 unspecified atom stereocenters. The highest BCUT2D eigenvalue weighted by Crippen LogP contribution is 2.23. The van der Waals surface area contributed by atoms with Crippen LogP contribution in [0.4, 0.5) is 0 Å². The normalized spacial score (nSPS) is 12.5. The van der Waals surface area contributed by atoms with Crippen molar-refractivity contribution in [2.45, 2.75) is 19.4 Å². The lowest BCUT2D eigenvalue weighted by molar-refractivity contribution is 0.175. The number of aryl methyl sites for hydroxylation is 1. The summed E-state index contributed by atoms with van der Waals surface area (Å²) < 4.78 is 7.45. The van der Waals surface area contributed by atoms with E-state index in [-0.39, 0.29) is 0 Å². The summed E-state index contributed by atoms with van der Waals surface area (Å²) >= 11 is 0. The minimum atomic E-state index is -0.578. The van der Waals surface area contributed by atoms with E-state index in [9.17, 15) is 5.11 Å². The minimum Gasteiger partial charge on any atom is -0.494 e. The van der Waals surface area contributed by atoms with Gasteiger partial charge in [-0.1, -0.05) is 24.3 Å². The van der Waals surface area contributed by atoms with E-state index in [2.05, 4.69) is 4.98 Å². The third-order valence-corrected chi connectivity index (χ3v) is 3.83. The first kappa shape index (κ1) is 14.6. The van der Waals surface area contributed by atoms with Crippen LogP contribution in [-0.2, 0) is 13.5 Å². The number of fused-ring (bicyclic) bond motifs is 1. The smallest absolute Gasteiger partial charge is 0.119 e. The number of benzene rings is 2. The predicted octanol–water partition coefficient (Wildman–Crippen LogP) is 3.25. The Balaban J connectivity index is 1.80. The molecule has 0 radical (unpaired) electrons. The molecule has 114 valence electrons. The van der Waals surface area contributed by atoms with Crippen LogP contribution in [-0.4, -0.2) is 21.3 Å². The molecule has 0 saturated carbocycles. The molecule has 0 saturated heterocycles. The zero-order valence-electron chi connectivity index (χ0n) is 12.9. The highest BCUT2D eigenvalue weighted by molar-refractivity contribution is 5.75. The Labute approximate surface area is 130 Å². The van der Waals surface area contributed by atoms with Gasteiger partial charge < -0.3 is 14.4 Å². The zero-order valence-corrected chi connectivity index (χ0v) is 12.9. The van der Waals surface area contributed by atoms with E-state index < -0.39 is 6.10 Å². The van der Waals surface area contributed by atoms with Crippen molar-refractivity contribution in [2.24, 2.45) is 7.05 Å². The molecule has 0 spiro atoms. The largest absolute Gasteiger partial charge is 0.494 e. The van der Waals surface area contributed by atoms with Gasteiger partial charge in [0.05, 0.1) is 23.7 Å². The fourth-order valence-electron chi connectivity index (χ4n) is 2.62. The second-order valence-electron chi connectivity index (χ2n) is 5.30. The molecule has 4 nitrogen and oxygen atoms in total. The van der Waals surface area contributed by atoms with E-state index in [1.807, 2.05) is 67.1 Å². The van der Waals surface area contributed by atoms with Crippen molar-refractivity contribution in [3.05, 3.63) is 59.9 Å². The number of rotatable bonds is 5. The van der Waals surface area contributed by atoms with Gasteiger partial charge in [-0.05, 0) is 36.8 Å². The number of imidazole rings is 1. The first-order valence-corrected chi connectivity index (χ1v) is 7.50. The Morgan fingerprint density at radius 1 is 1.14 bits per heavy atom. The van der Waals surface area contributed by atoms with Crippen LogP contribution in [0.3, 0.4) is 0 Å². The van der Waals surface area contributed by atoms with E-state index in [0.717, 1.165) is 28.2 Å². The maximum atomic E-state index is 10.5. The summed E-state index contributed by atoms with van der Waals surface area (Å²) in [5.41, 5.74) is 2.91. The number of aromatic nitrogens is 2. The maximum absolute atomic E-state index is 10.5. The third kappa shape index (κ3) is 2.83. The Hall–Kier alpha value is -2.33. The first-order valence-electron chi connectivity index (χ1n) is 7.50. The van der Waals surface area contributed by atoms with Crippen molar-refractivity contribution in [2.75, 3.05) is 6.61 Å². The molecular weight excluding hydrogens is 276 g/mol. The van der Waals surface area contributed by atoms with Crippen molar-refractivity contribution < 1.29 is 9.84 Å². The molecule has 1 heterocycles. The fourth-order valence-corrected chi connectivity index (χ4v) is 2.62. The lowest BCUT2D eigenvalue weighted by Gasteiger charge is -2.12. The fraction of sp³-hybridized carbons (Fsp3) is 0.278. The average Bonchev–Trinajstić information content (AvgIpc) is 2.85. The topological polar surface area (TPSA) is 47.3 Å². The number of aliphatic hydroxyl groups excluding tert-OH is 1. The van der Waals surface area contributed by atoms with Crippen LogP contribution in [0.2, 0.25) is 0 Å². The average molecular weight is 296 g/mol. The Kier molecular flexibility index (Phi) is 4.11. The summed E-state index contributed by atoms with van der Waals surface area (Å²) in [5.74, 6) is 1.70. The monoisotopic (exact) mass is 296 g/mol. The van der Waals surface area contributed by atoms with Gasteiger partial charge in [-0.2, -0.15) is 0 Å². The second-order valence-corrected chi connectivity index (χ2v) is 5.30. The van der Waals surface area contributed by atoms with E-state index in [1.165, 1.54) is 0 Å². The van der Waals surface area contributed by atoms with Gasteiger partial charge in [0, 0.05) is 13.5 Å². The van der Waals surface area contributed by atoms with Gasteiger partial charge in [0.2, 0.25) is 0 Å². The summed E-state index contributed by atoms with van der Waals surface area (Å²) in [4.78, 5) is 4.60. The molecule has 0 amide bonds. The van der Waals surface area contributed by atoms with Gasteiger partial charge in [0.1, 0.15) is 11.6 Å². The zero-order chi connectivity index (χ0) is 15.5. The van der Waals surface area contributed by atoms with Crippen LogP contribution >= 0.6 is 0 Å². The molecule has 1 aromatic heterocycles. The van der Waals surface area contributed by atoms with Gasteiger partial charge in [0.15, 0.2) is 0 Å². The number of nitrogens with zero attached hydrogens (tertiary/aromatic N) is 2. The van der Waals surface area contributed by atoms with Crippen molar-refractivity contribution in [1.29, 1.82) is 0 Å². The van der Waals surface area contributed by atoms with Crippen LogP contribution in [0, 0.1) is 0 Å². The molecule has 3 rings (SSSR count). The molecule has 22 heavy (non-hydrogen) atoms. The van der Waals surface area contributed by atoms with Crippen molar-refractivity contribution in [3.8, 4) is 5.75 Å². The lowest BCUT2D eigenvalue weighted by atomic mass is 10.1. The molecule has 1 N–H and O–H groups in total. The van der Waals surface area contributed by atoms with Gasteiger partial charge >= 0.3 is 0 Å². The van der Waals surface area contributed by atoms with Crippen LogP contribution < -0.4 is 4.74 Å². The van der Waals surface area contributed by atoms with E-state index in [1.54, 1.807) is 0 Å². The first-order chi connectivity index (χ1) is 10.7. The second kappa shape index (κ2) is 6.20. The summed E-state index contributed by atoms with van der Waals surface area (Å²) in [5, 5.41) is 10.5. The summed E-state index contributed by atoms with van der Waals surface area (Å²) in [7, 11) is 1.98. The molecule has 0 aliphatic carbocycles. The SMILES string of the molecule is CCOc1ccc([C@@H](O)Cc2nc3ccccc3n2C)cc1. The molecule has 0 aliphatic rings. The molecule has 0 fully saturated rings. The summed E-state index contributed by atoms with van der Waals surface area (Å²) in [6.45, 7) is 2.59. The molecule has 3 aromatic rings. The quantitative estimate of drug-likeness (QED) is 0.786. The molecule has 1 atom stereocenters. The number of aliphatic hydroxyl groups is 1. The van der Waals surface area contributed by atoms with Gasteiger partial charge in [-0.3, -0.25) is 0 Å². The van der Waals surface area contributed by atoms with Gasteiger partial charge in [-0.15, -0.1) is 0 Å². The van der Waals surface area contributed by atoms with Crippen molar-refractivity contribution >= 4 is 11.0 Å². The van der Waals surface area contributed by atoms with Crippen LogP contribution in [0.15, 0.2) is 48.5 Å². The van der Waals surface area contributed by atoms with E-state index in [4.69, 9.17) is 4.74 Å². The molecule has 0 bridgehead atoms. The Bertz CT molecular complexity index is 762. The highest BCUT2D eigenvalue weighted by Gasteiger charge is 2.14. The standard InChI is InChI=1S/C18H20N2O2/c1-3-22-14-10-8-13(9-11-14)17(21)12-18-19-15-6-4-5-7-16(15)20(18)2/h4-11,17,21H,3,12H2,1-2H3/t17-/m0/s1. The Morgan fingerprint density at radius 2 is 1.86 bits per heavy atom. The predicted molar refractivity (Wildman–Crippen MR) is 87.0 cm³/mol. The minimum absolute atomic E-state index is 0.485. The number of hydrogen-bond donors (Lipinski definition) is 1. The number of ether oxygens (including phenoxy) is 1. The molecule has 2 aromatic carbocycles. The number of hydrogen-bond acceptors (Lipinski definition) is 3. The maximum Gasteiger partial charge on any atom is 0.119 e. The van der Waals surface area contributed by atoms with E-state index >= 15 is 0 Å². The Morgan fingerprint density at radius 3 is 2.55 bits per heavy atom. The van der Waals surface area contributed by atoms with Gasteiger partial charge in [0.25, 0.3) is 0 Å². The van der Waals surface area contributed by atoms with Crippen molar-refractivity contribution in [1.82, 2.24) is 9.55 Å². The molecule has 4 heteroatoms. The highest BCUT2D eigenvalue weighted by atomic mass is 16.5. The van der Waals surface area contributed by atoms with Crippen LogP contribution in [0.1, 0.15) is 24.4 Å². The summed E-state index contributed by atoms with van der Waals surface area (Å²) in [6, 6.07) is 15.6. The molecular formula is C18H20N2O2. The summed E-state index contributed by atoms with van der Waals surface area (Å²) in [6.07, 6.45) is -0.0923. The molecule has 0 aliphatic heterocycles. The third-order valence-electron chi connectivity index (χ3n) is 3.83. The van der Waals surface area contributed by atoms with Crippen LogP contribution in [0.25, 0.3) is 11.0 Å². The lowest BCUT2D eigenvalue weighted by Crippen LogP contribution is -2.07. The van der Waals surface area contributed by atoms with Crippen molar-refractivity contribution in [3.63, 3.8) is 0 Å².